The van der Waals surface area contributed by atoms with Crippen molar-refractivity contribution in [1.82, 2.24) is 10.3 Å². The molecule has 1 aromatic heterocycles. The Kier molecular flexibility index (Phi) is 5.80. The molecule has 0 atom stereocenters. The minimum atomic E-state index is 0.176. The molecule has 1 saturated carbocycles. The second-order valence-corrected chi connectivity index (χ2v) is 5.70. The minimum Gasteiger partial charge on any atom is -0.395 e. The van der Waals surface area contributed by atoms with Gasteiger partial charge in [-0.2, -0.15) is 0 Å². The summed E-state index contributed by atoms with van der Waals surface area (Å²) in [7, 11) is 0. The zero-order valence-corrected chi connectivity index (χ0v) is 12.7. The van der Waals surface area contributed by atoms with E-state index in [-0.39, 0.29) is 6.61 Å². The van der Waals surface area contributed by atoms with Gasteiger partial charge in [-0.05, 0) is 43.4 Å². The summed E-state index contributed by atoms with van der Waals surface area (Å²) in [6, 6.07) is 2.94. The van der Waals surface area contributed by atoms with E-state index in [1.807, 2.05) is 6.20 Å². The smallest absolute Gasteiger partial charge is 0.131 e. The summed E-state index contributed by atoms with van der Waals surface area (Å²) in [5.41, 5.74) is 2.45. The molecule has 2 N–H and O–H groups in total. The predicted molar refractivity (Wildman–Crippen MR) is 83.0 cm³/mol. The van der Waals surface area contributed by atoms with Crippen LogP contribution in [0.5, 0.6) is 0 Å². The summed E-state index contributed by atoms with van der Waals surface area (Å²) in [5, 5.41) is 12.7. The lowest BCUT2D eigenvalue weighted by atomic mass is 10.2. The maximum atomic E-state index is 9.22. The van der Waals surface area contributed by atoms with Crippen molar-refractivity contribution in [1.29, 1.82) is 0 Å². The number of aliphatic hydroxyl groups is 1. The van der Waals surface area contributed by atoms with Gasteiger partial charge in [0.05, 0.1) is 6.61 Å². The topological polar surface area (TPSA) is 48.4 Å². The first kappa shape index (κ1) is 15.3. The highest BCUT2D eigenvalue weighted by Crippen LogP contribution is 2.21. The molecule has 112 valence electrons. The number of anilines is 1. The van der Waals surface area contributed by atoms with E-state index in [1.165, 1.54) is 24.0 Å². The summed E-state index contributed by atoms with van der Waals surface area (Å²) >= 11 is 0. The lowest BCUT2D eigenvalue weighted by Gasteiger charge is -2.24. The molecular weight excluding hydrogens is 250 g/mol. The number of unbranched alkanes of at least 4 members (excludes halogenated alkanes) is 1. The van der Waals surface area contributed by atoms with Crippen LogP contribution < -0.4 is 10.2 Å². The number of aliphatic hydroxyl groups excluding tert-OH is 1. The number of aryl methyl sites for hydroxylation is 1. The van der Waals surface area contributed by atoms with Crippen LogP contribution >= 0.6 is 0 Å². The van der Waals surface area contributed by atoms with E-state index in [4.69, 9.17) is 0 Å². The van der Waals surface area contributed by atoms with E-state index in [1.54, 1.807) is 0 Å². The van der Waals surface area contributed by atoms with Crippen molar-refractivity contribution in [3.63, 3.8) is 0 Å². The molecular formula is C16H27N3O. The number of rotatable bonds is 9. The molecule has 1 aliphatic carbocycles. The van der Waals surface area contributed by atoms with Crippen LogP contribution in [-0.2, 0) is 6.54 Å². The predicted octanol–water partition coefficient (Wildman–Crippen LogP) is 2.24. The Labute approximate surface area is 122 Å². The molecule has 20 heavy (non-hydrogen) atoms. The standard InChI is InChI=1S/C16H27N3O/c1-3-4-7-19(8-9-20)16-13(2)10-14(12-18-16)11-17-15-5-6-15/h10,12,15,17,20H,3-9,11H2,1-2H3. The van der Waals surface area contributed by atoms with Gasteiger partial charge in [0.2, 0.25) is 0 Å². The van der Waals surface area contributed by atoms with Crippen LogP contribution in [0.25, 0.3) is 0 Å². The summed E-state index contributed by atoms with van der Waals surface area (Å²) < 4.78 is 0. The van der Waals surface area contributed by atoms with Gasteiger partial charge in [-0.1, -0.05) is 13.3 Å². The molecule has 4 heteroatoms. The molecule has 1 aromatic rings. The second kappa shape index (κ2) is 7.60. The highest BCUT2D eigenvalue weighted by atomic mass is 16.3. The third-order valence-electron chi connectivity index (χ3n) is 3.73. The fourth-order valence-corrected chi connectivity index (χ4v) is 2.40. The van der Waals surface area contributed by atoms with Crippen LogP contribution in [0, 0.1) is 6.92 Å². The molecule has 0 unspecified atom stereocenters. The normalized spacial score (nSPS) is 14.6. The van der Waals surface area contributed by atoms with Crippen LogP contribution in [0.2, 0.25) is 0 Å². The molecule has 1 heterocycles. The molecule has 4 nitrogen and oxygen atoms in total. The molecule has 1 aliphatic rings. The molecule has 2 rings (SSSR count). The molecule has 0 spiro atoms. The Hall–Kier alpha value is -1.13. The average Bonchev–Trinajstić information content (AvgIpc) is 3.26. The van der Waals surface area contributed by atoms with Crippen molar-refractivity contribution in [2.45, 2.75) is 52.1 Å². The molecule has 1 fully saturated rings. The molecule has 0 aliphatic heterocycles. The van der Waals surface area contributed by atoms with Gasteiger partial charge in [0, 0.05) is 31.9 Å². The molecule has 0 aromatic carbocycles. The Balaban J connectivity index is 2.00. The van der Waals surface area contributed by atoms with Crippen molar-refractivity contribution >= 4 is 5.82 Å². The fraction of sp³-hybridized carbons (Fsp3) is 0.688. The summed E-state index contributed by atoms with van der Waals surface area (Å²) in [5.74, 6) is 1.02. The Morgan fingerprint density at radius 2 is 2.20 bits per heavy atom. The maximum absolute atomic E-state index is 9.22. The first-order valence-electron chi connectivity index (χ1n) is 7.79. The number of hydrogen-bond donors (Lipinski definition) is 2. The average molecular weight is 277 g/mol. The van der Waals surface area contributed by atoms with E-state index in [0.717, 1.165) is 37.8 Å². The van der Waals surface area contributed by atoms with E-state index >= 15 is 0 Å². The number of nitrogens with one attached hydrogen (secondary N) is 1. The minimum absolute atomic E-state index is 0.176. The van der Waals surface area contributed by atoms with Crippen molar-refractivity contribution in [3.8, 4) is 0 Å². The van der Waals surface area contributed by atoms with Crippen molar-refractivity contribution in [2.24, 2.45) is 0 Å². The lowest BCUT2D eigenvalue weighted by molar-refractivity contribution is 0.301. The van der Waals surface area contributed by atoms with Crippen LogP contribution in [0.3, 0.4) is 0 Å². The number of pyridine rings is 1. The van der Waals surface area contributed by atoms with E-state index in [9.17, 15) is 5.11 Å². The Bertz CT molecular complexity index is 418. The quantitative estimate of drug-likeness (QED) is 0.727. The summed E-state index contributed by atoms with van der Waals surface area (Å²) in [6.45, 7) is 7.00. The zero-order chi connectivity index (χ0) is 14.4. The van der Waals surface area contributed by atoms with Gasteiger partial charge >= 0.3 is 0 Å². The van der Waals surface area contributed by atoms with Crippen LogP contribution in [0.15, 0.2) is 12.3 Å². The highest BCUT2D eigenvalue weighted by molar-refractivity contribution is 5.47. The van der Waals surface area contributed by atoms with Crippen molar-refractivity contribution in [3.05, 3.63) is 23.4 Å². The molecule has 0 saturated heterocycles. The third kappa shape index (κ3) is 4.46. The van der Waals surface area contributed by atoms with Gasteiger partial charge < -0.3 is 15.3 Å². The zero-order valence-electron chi connectivity index (χ0n) is 12.7. The summed E-state index contributed by atoms with van der Waals surface area (Å²) in [6.07, 6.45) is 6.88. The van der Waals surface area contributed by atoms with E-state index in [2.05, 4.69) is 35.1 Å². The SMILES string of the molecule is CCCCN(CCO)c1ncc(CNC2CC2)cc1C. The van der Waals surface area contributed by atoms with Gasteiger partial charge in [-0.25, -0.2) is 4.98 Å². The fourth-order valence-electron chi connectivity index (χ4n) is 2.40. The first-order valence-corrected chi connectivity index (χ1v) is 7.79. The van der Waals surface area contributed by atoms with Gasteiger partial charge in [0.15, 0.2) is 0 Å². The highest BCUT2D eigenvalue weighted by Gasteiger charge is 2.20. The van der Waals surface area contributed by atoms with Gasteiger partial charge in [-0.3, -0.25) is 0 Å². The van der Waals surface area contributed by atoms with Crippen LogP contribution in [-0.4, -0.2) is 35.8 Å². The number of aromatic nitrogens is 1. The monoisotopic (exact) mass is 277 g/mol. The van der Waals surface area contributed by atoms with Gasteiger partial charge in [0.1, 0.15) is 5.82 Å². The number of hydrogen-bond acceptors (Lipinski definition) is 4. The Morgan fingerprint density at radius 3 is 2.80 bits per heavy atom. The van der Waals surface area contributed by atoms with Crippen molar-refractivity contribution in [2.75, 3.05) is 24.6 Å². The second-order valence-electron chi connectivity index (χ2n) is 5.70. The number of nitrogens with zero attached hydrogens (tertiary/aromatic N) is 2. The summed E-state index contributed by atoms with van der Waals surface area (Å²) in [4.78, 5) is 6.81. The van der Waals surface area contributed by atoms with Gasteiger partial charge in [-0.15, -0.1) is 0 Å². The first-order chi connectivity index (χ1) is 9.74. The van der Waals surface area contributed by atoms with Crippen LogP contribution in [0.4, 0.5) is 5.82 Å². The van der Waals surface area contributed by atoms with E-state index in [0.29, 0.717) is 6.54 Å². The van der Waals surface area contributed by atoms with Crippen LogP contribution in [0.1, 0.15) is 43.7 Å². The molecule has 0 bridgehead atoms. The third-order valence-corrected chi connectivity index (χ3v) is 3.73. The van der Waals surface area contributed by atoms with Gasteiger partial charge in [0.25, 0.3) is 0 Å². The molecule has 0 amide bonds. The Morgan fingerprint density at radius 1 is 1.40 bits per heavy atom. The maximum Gasteiger partial charge on any atom is 0.131 e. The molecule has 0 radical (unpaired) electrons. The largest absolute Gasteiger partial charge is 0.395 e. The van der Waals surface area contributed by atoms with E-state index < -0.39 is 0 Å². The van der Waals surface area contributed by atoms with Crippen molar-refractivity contribution < 1.29 is 5.11 Å². The lowest BCUT2D eigenvalue weighted by Crippen LogP contribution is -2.29.